The lowest BCUT2D eigenvalue weighted by Gasteiger charge is -2.18. The van der Waals surface area contributed by atoms with Crippen molar-refractivity contribution in [2.45, 2.75) is 45.6 Å². The number of aromatic amines is 1. The van der Waals surface area contributed by atoms with Gasteiger partial charge in [0, 0.05) is 18.3 Å². The van der Waals surface area contributed by atoms with Crippen LogP contribution in [-0.2, 0) is 22.4 Å². The maximum absolute atomic E-state index is 12.4. The van der Waals surface area contributed by atoms with Crippen LogP contribution in [0, 0.1) is 5.92 Å². The number of aromatic nitrogens is 2. The number of hydrogen-bond donors (Lipinski definition) is 3. The molecule has 0 aliphatic rings. The van der Waals surface area contributed by atoms with Crippen molar-refractivity contribution in [3.8, 4) is 0 Å². The Morgan fingerprint density at radius 2 is 1.84 bits per heavy atom. The van der Waals surface area contributed by atoms with Crippen LogP contribution in [0.5, 0.6) is 0 Å². The molecule has 0 fully saturated rings. The number of hydrogen-bond acceptors (Lipinski definition) is 3. The highest BCUT2D eigenvalue weighted by molar-refractivity contribution is 5.87. The van der Waals surface area contributed by atoms with Crippen LogP contribution in [0.4, 0.5) is 0 Å². The minimum atomic E-state index is -1.07. The zero-order valence-electron chi connectivity index (χ0n) is 14.8. The molecule has 0 spiro atoms. The summed E-state index contributed by atoms with van der Waals surface area (Å²) in [5.41, 5.74) is 2.77. The van der Waals surface area contributed by atoms with E-state index in [1.54, 1.807) is 13.1 Å². The van der Waals surface area contributed by atoms with Crippen LogP contribution in [-0.4, -0.2) is 33.0 Å². The maximum atomic E-state index is 12.4. The Kier molecular flexibility index (Phi) is 6.33. The van der Waals surface area contributed by atoms with Gasteiger partial charge < -0.3 is 15.4 Å². The van der Waals surface area contributed by atoms with E-state index in [0.717, 1.165) is 12.0 Å². The SMILES string of the molecule is CC(C)Cc1ccc([C@H](C)C(=O)N[C@@H](Cc2cnc[nH]2)C(=O)O)cc1. The molecular formula is C19H25N3O3. The van der Waals surface area contributed by atoms with Crippen molar-refractivity contribution in [3.05, 3.63) is 53.6 Å². The van der Waals surface area contributed by atoms with Gasteiger partial charge in [0.05, 0.1) is 12.2 Å². The summed E-state index contributed by atoms with van der Waals surface area (Å²) in [6.07, 6.45) is 4.20. The van der Waals surface area contributed by atoms with Gasteiger partial charge in [-0.2, -0.15) is 0 Å². The smallest absolute Gasteiger partial charge is 0.326 e. The van der Waals surface area contributed by atoms with Crippen molar-refractivity contribution in [3.63, 3.8) is 0 Å². The number of carbonyl (C=O) groups is 2. The topological polar surface area (TPSA) is 95.1 Å². The summed E-state index contributed by atoms with van der Waals surface area (Å²) in [5.74, 6) is -1.21. The second-order valence-electron chi connectivity index (χ2n) is 6.74. The standard InChI is InChI=1S/C19H25N3O3/c1-12(2)8-14-4-6-15(7-5-14)13(3)18(23)22-17(19(24)25)9-16-10-20-11-21-16/h4-7,10-13,17H,8-9H2,1-3H3,(H,20,21)(H,22,23)(H,24,25)/t13-,17-/m0/s1. The highest BCUT2D eigenvalue weighted by Gasteiger charge is 2.24. The van der Waals surface area contributed by atoms with Gasteiger partial charge in [-0.1, -0.05) is 38.1 Å². The van der Waals surface area contributed by atoms with Crippen LogP contribution >= 0.6 is 0 Å². The van der Waals surface area contributed by atoms with Crippen LogP contribution in [0.3, 0.4) is 0 Å². The predicted molar refractivity (Wildman–Crippen MR) is 95.3 cm³/mol. The molecule has 0 saturated carbocycles. The van der Waals surface area contributed by atoms with Crippen LogP contribution in [0.1, 0.15) is 43.5 Å². The summed E-state index contributed by atoms with van der Waals surface area (Å²) in [5, 5.41) is 12.0. The van der Waals surface area contributed by atoms with Crippen LogP contribution in [0.15, 0.2) is 36.8 Å². The molecule has 2 aromatic rings. The molecule has 1 aromatic heterocycles. The third kappa shape index (κ3) is 5.45. The molecule has 0 unspecified atom stereocenters. The van der Waals surface area contributed by atoms with Gasteiger partial charge in [-0.15, -0.1) is 0 Å². The molecule has 6 nitrogen and oxygen atoms in total. The number of rotatable bonds is 8. The first-order valence-electron chi connectivity index (χ1n) is 8.46. The third-order valence-corrected chi connectivity index (χ3v) is 4.11. The van der Waals surface area contributed by atoms with E-state index < -0.39 is 17.9 Å². The molecule has 1 aromatic carbocycles. The van der Waals surface area contributed by atoms with E-state index in [9.17, 15) is 14.7 Å². The van der Waals surface area contributed by atoms with Gasteiger partial charge >= 0.3 is 5.97 Å². The Hall–Kier alpha value is -2.63. The normalized spacial score (nSPS) is 13.4. The lowest BCUT2D eigenvalue weighted by Crippen LogP contribution is -2.44. The second-order valence-corrected chi connectivity index (χ2v) is 6.74. The summed E-state index contributed by atoms with van der Waals surface area (Å²) < 4.78 is 0. The van der Waals surface area contributed by atoms with E-state index in [-0.39, 0.29) is 12.3 Å². The van der Waals surface area contributed by atoms with Crippen molar-refractivity contribution in [2.75, 3.05) is 0 Å². The Balaban J connectivity index is 2.01. The Labute approximate surface area is 147 Å². The van der Waals surface area contributed by atoms with E-state index >= 15 is 0 Å². The summed E-state index contributed by atoms with van der Waals surface area (Å²) in [6, 6.07) is 6.94. The number of amides is 1. The second kappa shape index (κ2) is 8.46. The van der Waals surface area contributed by atoms with E-state index in [0.29, 0.717) is 11.6 Å². The van der Waals surface area contributed by atoms with Gasteiger partial charge in [-0.3, -0.25) is 4.79 Å². The molecule has 0 aliphatic heterocycles. The first-order chi connectivity index (χ1) is 11.9. The van der Waals surface area contributed by atoms with Gasteiger partial charge in [0.1, 0.15) is 6.04 Å². The average molecular weight is 343 g/mol. The summed E-state index contributed by atoms with van der Waals surface area (Å²) in [7, 11) is 0. The monoisotopic (exact) mass is 343 g/mol. The molecule has 1 heterocycles. The van der Waals surface area contributed by atoms with Gasteiger partial charge in [-0.25, -0.2) is 9.78 Å². The van der Waals surface area contributed by atoms with Crippen LogP contribution in [0.25, 0.3) is 0 Å². The fourth-order valence-electron chi connectivity index (χ4n) is 2.68. The van der Waals surface area contributed by atoms with Gasteiger partial charge in [-0.05, 0) is 30.4 Å². The average Bonchev–Trinajstić information content (AvgIpc) is 3.06. The number of carbonyl (C=O) groups excluding carboxylic acids is 1. The van der Waals surface area contributed by atoms with E-state index in [1.807, 2.05) is 24.3 Å². The van der Waals surface area contributed by atoms with Gasteiger partial charge in [0.2, 0.25) is 5.91 Å². The number of nitrogens with one attached hydrogen (secondary N) is 2. The van der Waals surface area contributed by atoms with Gasteiger partial charge in [0.25, 0.3) is 0 Å². The van der Waals surface area contributed by atoms with Crippen molar-refractivity contribution in [1.82, 2.24) is 15.3 Å². The molecule has 2 rings (SSSR count). The third-order valence-electron chi connectivity index (χ3n) is 4.11. The van der Waals surface area contributed by atoms with Crippen molar-refractivity contribution in [1.29, 1.82) is 0 Å². The largest absolute Gasteiger partial charge is 0.480 e. The number of carboxylic acids is 1. The summed E-state index contributed by atoms with van der Waals surface area (Å²) in [6.45, 7) is 6.10. The van der Waals surface area contributed by atoms with Crippen LogP contribution < -0.4 is 5.32 Å². The molecule has 25 heavy (non-hydrogen) atoms. The first kappa shape index (κ1) is 18.7. The zero-order chi connectivity index (χ0) is 18.4. The zero-order valence-corrected chi connectivity index (χ0v) is 14.8. The number of imidazole rings is 1. The minimum absolute atomic E-state index is 0.168. The quantitative estimate of drug-likeness (QED) is 0.686. The van der Waals surface area contributed by atoms with Crippen molar-refractivity contribution >= 4 is 11.9 Å². The summed E-state index contributed by atoms with van der Waals surface area (Å²) >= 11 is 0. The minimum Gasteiger partial charge on any atom is -0.480 e. The number of aliphatic carboxylic acids is 1. The lowest BCUT2D eigenvalue weighted by molar-refractivity contribution is -0.142. The molecule has 134 valence electrons. The fourth-order valence-corrected chi connectivity index (χ4v) is 2.68. The molecule has 0 saturated heterocycles. The molecule has 1 amide bonds. The molecule has 3 N–H and O–H groups in total. The molecule has 0 bridgehead atoms. The summed E-state index contributed by atoms with van der Waals surface area (Å²) in [4.78, 5) is 30.6. The molecule has 2 atom stereocenters. The van der Waals surface area contributed by atoms with Crippen molar-refractivity contribution in [2.24, 2.45) is 5.92 Å². The Bertz CT molecular complexity index is 693. The number of carboxylic acid groups (broad SMARTS) is 1. The van der Waals surface area contributed by atoms with Crippen LogP contribution in [0.2, 0.25) is 0 Å². The predicted octanol–water partition coefficient (Wildman–Crippen LogP) is 2.52. The highest BCUT2D eigenvalue weighted by atomic mass is 16.4. The lowest BCUT2D eigenvalue weighted by atomic mass is 9.96. The molecule has 0 aliphatic carbocycles. The molecule has 0 radical (unpaired) electrons. The number of benzene rings is 1. The Morgan fingerprint density at radius 3 is 2.36 bits per heavy atom. The fraction of sp³-hybridized carbons (Fsp3) is 0.421. The van der Waals surface area contributed by atoms with E-state index in [2.05, 4.69) is 29.1 Å². The maximum Gasteiger partial charge on any atom is 0.326 e. The molecular weight excluding hydrogens is 318 g/mol. The van der Waals surface area contributed by atoms with E-state index in [1.165, 1.54) is 11.9 Å². The van der Waals surface area contributed by atoms with Crippen molar-refractivity contribution < 1.29 is 14.7 Å². The molecule has 6 heteroatoms. The highest BCUT2D eigenvalue weighted by Crippen LogP contribution is 2.18. The van der Waals surface area contributed by atoms with E-state index in [4.69, 9.17) is 0 Å². The number of nitrogens with zero attached hydrogens (tertiary/aromatic N) is 1. The Morgan fingerprint density at radius 1 is 1.16 bits per heavy atom. The first-order valence-corrected chi connectivity index (χ1v) is 8.46. The van der Waals surface area contributed by atoms with Gasteiger partial charge in [0.15, 0.2) is 0 Å². The number of H-pyrrole nitrogens is 1.